The van der Waals surface area contributed by atoms with Crippen molar-refractivity contribution >= 4 is 5.84 Å². The molecule has 1 fully saturated rings. The van der Waals surface area contributed by atoms with E-state index in [1.54, 1.807) is 0 Å². The van der Waals surface area contributed by atoms with Crippen LogP contribution in [0.25, 0.3) is 0 Å². The summed E-state index contributed by atoms with van der Waals surface area (Å²) in [4.78, 5) is 4.40. The molecule has 0 aromatic carbocycles. The fraction of sp³-hybridized carbons (Fsp3) is 0.909. The molecule has 0 aliphatic carbocycles. The van der Waals surface area contributed by atoms with Gasteiger partial charge in [0.25, 0.3) is 0 Å². The summed E-state index contributed by atoms with van der Waals surface area (Å²) in [7, 11) is 0. The Morgan fingerprint density at radius 1 is 1.50 bits per heavy atom. The number of nitrogens with zero attached hydrogens (tertiary/aromatic N) is 1. The number of nitrogens with one attached hydrogen (secondary N) is 1. The Labute approximate surface area is 87.2 Å². The molecule has 3 heteroatoms. The van der Waals surface area contributed by atoms with Crippen LogP contribution < -0.4 is 11.1 Å². The maximum Gasteiger partial charge on any atom is 0.0966 e. The summed E-state index contributed by atoms with van der Waals surface area (Å²) in [6.45, 7) is 3.67. The molecule has 1 aliphatic heterocycles. The highest BCUT2D eigenvalue weighted by Crippen LogP contribution is 2.14. The zero-order chi connectivity index (χ0) is 10.2. The van der Waals surface area contributed by atoms with Crippen LogP contribution >= 0.6 is 0 Å². The van der Waals surface area contributed by atoms with E-state index in [1.807, 2.05) is 0 Å². The quantitative estimate of drug-likeness (QED) is 0.636. The van der Waals surface area contributed by atoms with Gasteiger partial charge in [0.15, 0.2) is 0 Å². The van der Waals surface area contributed by atoms with E-state index in [4.69, 9.17) is 5.73 Å². The summed E-state index contributed by atoms with van der Waals surface area (Å²) in [6, 6.07) is 0.679. The van der Waals surface area contributed by atoms with Crippen LogP contribution in [0.4, 0.5) is 0 Å². The van der Waals surface area contributed by atoms with Gasteiger partial charge in [-0.3, -0.25) is 4.99 Å². The maximum atomic E-state index is 5.40. The number of aliphatic imine (C=N–C) groups is 1. The summed E-state index contributed by atoms with van der Waals surface area (Å²) < 4.78 is 0. The van der Waals surface area contributed by atoms with Crippen molar-refractivity contribution in [2.75, 3.05) is 13.1 Å². The zero-order valence-corrected chi connectivity index (χ0v) is 9.26. The van der Waals surface area contributed by atoms with E-state index >= 15 is 0 Å². The first kappa shape index (κ1) is 11.5. The van der Waals surface area contributed by atoms with Gasteiger partial charge >= 0.3 is 0 Å². The van der Waals surface area contributed by atoms with E-state index in [-0.39, 0.29) is 0 Å². The molecule has 82 valence electrons. The van der Waals surface area contributed by atoms with Crippen LogP contribution in [-0.4, -0.2) is 25.0 Å². The molecular weight excluding hydrogens is 174 g/mol. The molecule has 1 saturated heterocycles. The number of hydrogen-bond acceptors (Lipinski definition) is 2. The summed E-state index contributed by atoms with van der Waals surface area (Å²) in [5, 5.41) is 3.48. The van der Waals surface area contributed by atoms with Gasteiger partial charge in [0.2, 0.25) is 0 Å². The van der Waals surface area contributed by atoms with Crippen LogP contribution in [0, 0.1) is 0 Å². The van der Waals surface area contributed by atoms with Crippen molar-refractivity contribution in [1.82, 2.24) is 5.32 Å². The van der Waals surface area contributed by atoms with Crippen LogP contribution in [0.2, 0.25) is 0 Å². The zero-order valence-electron chi connectivity index (χ0n) is 9.26. The second kappa shape index (κ2) is 6.82. The van der Waals surface area contributed by atoms with Gasteiger partial charge < -0.3 is 11.1 Å². The molecule has 1 atom stereocenters. The fourth-order valence-corrected chi connectivity index (χ4v) is 1.87. The lowest BCUT2D eigenvalue weighted by molar-refractivity contribution is 0.533. The lowest BCUT2D eigenvalue weighted by Crippen LogP contribution is -2.26. The van der Waals surface area contributed by atoms with Crippen molar-refractivity contribution in [2.45, 2.75) is 51.5 Å². The van der Waals surface area contributed by atoms with Crippen molar-refractivity contribution in [3.8, 4) is 0 Å². The summed E-state index contributed by atoms with van der Waals surface area (Å²) in [5.41, 5.74) is 5.40. The molecule has 1 rings (SSSR count). The number of rotatable bonds is 6. The van der Waals surface area contributed by atoms with Crippen LogP contribution in [-0.2, 0) is 0 Å². The highest BCUT2D eigenvalue weighted by atomic mass is 15.0. The predicted molar refractivity (Wildman–Crippen MR) is 61.7 cm³/mol. The number of nitrogens with two attached hydrogens (primary N) is 1. The predicted octanol–water partition coefficient (Wildman–Crippen LogP) is 1.68. The lowest BCUT2D eigenvalue weighted by Gasteiger charge is -2.09. The van der Waals surface area contributed by atoms with Crippen molar-refractivity contribution in [1.29, 1.82) is 0 Å². The summed E-state index contributed by atoms with van der Waals surface area (Å²) in [5.74, 6) is 1.18. The topological polar surface area (TPSA) is 50.4 Å². The maximum absolute atomic E-state index is 5.40. The third-order valence-electron chi connectivity index (χ3n) is 2.69. The average molecular weight is 197 g/mol. The molecule has 0 spiro atoms. The molecule has 0 amide bonds. The molecule has 1 heterocycles. The van der Waals surface area contributed by atoms with Gasteiger partial charge in [-0.05, 0) is 12.8 Å². The normalized spacial score (nSPS) is 24.1. The van der Waals surface area contributed by atoms with Crippen LogP contribution in [0.1, 0.15) is 45.4 Å². The lowest BCUT2D eigenvalue weighted by atomic mass is 10.1. The Morgan fingerprint density at radius 2 is 2.36 bits per heavy atom. The second-order valence-corrected chi connectivity index (χ2v) is 3.99. The Bertz CT molecular complexity index is 177. The number of unbranched alkanes of at least 4 members (excludes halogenated alkanes) is 2. The van der Waals surface area contributed by atoms with Crippen molar-refractivity contribution in [3.63, 3.8) is 0 Å². The molecule has 0 aromatic rings. The first-order valence-corrected chi connectivity index (χ1v) is 5.86. The molecule has 3 N–H and O–H groups in total. The minimum atomic E-state index is 0.658. The second-order valence-electron chi connectivity index (χ2n) is 3.99. The molecular formula is C11H23N3. The molecule has 3 nitrogen and oxygen atoms in total. The van der Waals surface area contributed by atoms with Crippen molar-refractivity contribution in [2.24, 2.45) is 10.7 Å². The molecule has 1 unspecified atom stereocenters. The molecule has 1 aliphatic rings. The first-order chi connectivity index (χ1) is 6.86. The van der Waals surface area contributed by atoms with E-state index in [0.717, 1.165) is 13.0 Å². The van der Waals surface area contributed by atoms with Gasteiger partial charge in [-0.1, -0.05) is 26.2 Å². The van der Waals surface area contributed by atoms with Gasteiger partial charge in [-0.25, -0.2) is 0 Å². The number of amidine groups is 1. The Hall–Kier alpha value is -0.570. The van der Waals surface area contributed by atoms with Crippen molar-refractivity contribution in [3.05, 3.63) is 0 Å². The SMILES string of the molecule is CCCCCC1CCC(=NCCN)N1. The minimum Gasteiger partial charge on any atom is -0.371 e. The van der Waals surface area contributed by atoms with E-state index < -0.39 is 0 Å². The van der Waals surface area contributed by atoms with E-state index in [2.05, 4.69) is 17.2 Å². The van der Waals surface area contributed by atoms with Crippen LogP contribution in [0.15, 0.2) is 4.99 Å². The minimum absolute atomic E-state index is 0.658. The Kier molecular flexibility index (Phi) is 5.60. The first-order valence-electron chi connectivity index (χ1n) is 5.86. The number of hydrogen-bond donors (Lipinski definition) is 2. The highest BCUT2D eigenvalue weighted by Gasteiger charge is 2.17. The molecule has 0 radical (unpaired) electrons. The summed E-state index contributed by atoms with van der Waals surface area (Å²) >= 11 is 0. The molecule has 0 saturated carbocycles. The van der Waals surface area contributed by atoms with Gasteiger partial charge in [0.05, 0.1) is 12.4 Å². The van der Waals surface area contributed by atoms with Crippen LogP contribution in [0.5, 0.6) is 0 Å². The van der Waals surface area contributed by atoms with Crippen molar-refractivity contribution < 1.29 is 0 Å². The Morgan fingerprint density at radius 3 is 3.07 bits per heavy atom. The van der Waals surface area contributed by atoms with E-state index in [9.17, 15) is 0 Å². The fourth-order valence-electron chi connectivity index (χ4n) is 1.87. The molecule has 14 heavy (non-hydrogen) atoms. The van der Waals surface area contributed by atoms with Crippen LogP contribution in [0.3, 0.4) is 0 Å². The van der Waals surface area contributed by atoms with Gasteiger partial charge in [-0.2, -0.15) is 0 Å². The van der Waals surface area contributed by atoms with Gasteiger partial charge in [-0.15, -0.1) is 0 Å². The van der Waals surface area contributed by atoms with Gasteiger partial charge in [0, 0.05) is 19.0 Å². The van der Waals surface area contributed by atoms with E-state index in [1.165, 1.54) is 37.9 Å². The third-order valence-corrected chi connectivity index (χ3v) is 2.69. The Balaban J connectivity index is 2.13. The third kappa shape index (κ3) is 4.09. The molecule has 0 bridgehead atoms. The molecule has 0 aromatic heterocycles. The monoisotopic (exact) mass is 197 g/mol. The van der Waals surface area contributed by atoms with Gasteiger partial charge in [0.1, 0.15) is 0 Å². The largest absolute Gasteiger partial charge is 0.371 e. The van der Waals surface area contributed by atoms with E-state index in [0.29, 0.717) is 12.6 Å². The average Bonchev–Trinajstić information content (AvgIpc) is 2.63. The highest BCUT2D eigenvalue weighted by molar-refractivity contribution is 5.84. The summed E-state index contributed by atoms with van der Waals surface area (Å²) in [6.07, 6.45) is 7.69. The smallest absolute Gasteiger partial charge is 0.0966 e. The standard InChI is InChI=1S/C11H23N3/c1-2-3-4-5-10-6-7-11(14-10)13-9-8-12/h10H,2-9,12H2,1H3,(H,13,14).